The number of hydrogen-bond acceptors (Lipinski definition) is 5. The van der Waals surface area contributed by atoms with Gasteiger partial charge in [0.05, 0.1) is 16.6 Å². The molecule has 1 aliphatic carbocycles. The van der Waals surface area contributed by atoms with Gasteiger partial charge in [0, 0.05) is 31.4 Å². The zero-order valence-electron chi connectivity index (χ0n) is 14.6. The van der Waals surface area contributed by atoms with E-state index < -0.39 is 5.97 Å². The minimum atomic E-state index is -0.933. The molecule has 132 valence electrons. The number of nitrogens with zero attached hydrogens (tertiary/aromatic N) is 5. The van der Waals surface area contributed by atoms with Crippen molar-refractivity contribution in [3.63, 3.8) is 0 Å². The first kappa shape index (κ1) is 15.3. The lowest BCUT2D eigenvalue weighted by atomic mass is 10.1. The number of hydrogen-bond donors (Lipinski definition) is 1. The summed E-state index contributed by atoms with van der Waals surface area (Å²) in [4.78, 5) is 27.9. The van der Waals surface area contributed by atoms with Gasteiger partial charge in [-0.3, -0.25) is 0 Å². The first-order valence-electron chi connectivity index (χ1n) is 8.97. The van der Waals surface area contributed by atoms with Gasteiger partial charge in [-0.1, -0.05) is 0 Å². The fourth-order valence-corrected chi connectivity index (χ4v) is 3.80. The fourth-order valence-electron chi connectivity index (χ4n) is 3.80. The number of aryl methyl sites for hydroxylation is 2. The van der Waals surface area contributed by atoms with Gasteiger partial charge in [-0.05, 0) is 43.9 Å². The van der Waals surface area contributed by atoms with Crippen LogP contribution in [-0.4, -0.2) is 43.7 Å². The largest absolute Gasteiger partial charge is 0.478 e. The van der Waals surface area contributed by atoms with Gasteiger partial charge in [-0.2, -0.15) is 0 Å². The van der Waals surface area contributed by atoms with Gasteiger partial charge >= 0.3 is 5.97 Å². The Morgan fingerprint density at radius 2 is 1.96 bits per heavy atom. The second kappa shape index (κ2) is 5.52. The Morgan fingerprint density at radius 3 is 2.69 bits per heavy atom. The molecule has 1 N–H and O–H groups in total. The molecule has 1 saturated heterocycles. The highest BCUT2D eigenvalue weighted by Gasteiger charge is 2.26. The molecule has 2 aliphatic rings. The average Bonchev–Trinajstić information content (AvgIpc) is 3.17. The number of imidazole rings is 1. The van der Waals surface area contributed by atoms with Crippen LogP contribution in [0.4, 0.5) is 5.95 Å². The Labute approximate surface area is 150 Å². The lowest BCUT2D eigenvalue weighted by molar-refractivity contribution is 0.0697. The van der Waals surface area contributed by atoms with Gasteiger partial charge in [0.15, 0.2) is 5.82 Å². The summed E-state index contributed by atoms with van der Waals surface area (Å²) in [5.41, 5.74) is 5.06. The van der Waals surface area contributed by atoms with E-state index >= 15 is 0 Å². The first-order chi connectivity index (χ1) is 12.6. The topological polar surface area (TPSA) is 84.1 Å². The van der Waals surface area contributed by atoms with Crippen molar-refractivity contribution in [1.82, 2.24) is 19.5 Å². The Kier molecular flexibility index (Phi) is 3.25. The van der Waals surface area contributed by atoms with E-state index in [-0.39, 0.29) is 5.56 Å². The van der Waals surface area contributed by atoms with E-state index in [1.54, 1.807) is 18.2 Å². The molecule has 7 heteroatoms. The fraction of sp³-hybridized carbons (Fsp3) is 0.368. The van der Waals surface area contributed by atoms with Gasteiger partial charge in [0.2, 0.25) is 5.95 Å². The lowest BCUT2D eigenvalue weighted by Gasteiger charge is -2.31. The normalized spacial score (nSPS) is 16.0. The third kappa shape index (κ3) is 2.20. The SMILES string of the molecule is Cn1c(-c2nc(N3CCC3)nc3c2CCC3)nc2ccc(C(=O)O)cc21. The van der Waals surface area contributed by atoms with Crippen molar-refractivity contribution in [3.8, 4) is 11.5 Å². The van der Waals surface area contributed by atoms with Crippen LogP contribution in [-0.2, 0) is 19.9 Å². The predicted molar refractivity (Wildman–Crippen MR) is 97.6 cm³/mol. The molecule has 1 fully saturated rings. The molecule has 0 saturated carbocycles. The monoisotopic (exact) mass is 349 g/mol. The number of fused-ring (bicyclic) bond motifs is 2. The zero-order chi connectivity index (χ0) is 17.8. The van der Waals surface area contributed by atoms with Gasteiger partial charge in [-0.15, -0.1) is 0 Å². The molecule has 0 atom stereocenters. The molecule has 0 amide bonds. The van der Waals surface area contributed by atoms with Crippen LogP contribution in [0.5, 0.6) is 0 Å². The highest BCUT2D eigenvalue weighted by Crippen LogP contribution is 2.33. The van der Waals surface area contributed by atoms with Crippen molar-refractivity contribution >= 4 is 23.0 Å². The van der Waals surface area contributed by atoms with Gasteiger partial charge in [0.25, 0.3) is 0 Å². The summed E-state index contributed by atoms with van der Waals surface area (Å²) in [5, 5.41) is 9.26. The number of carboxylic acids is 1. The molecule has 26 heavy (non-hydrogen) atoms. The van der Waals surface area contributed by atoms with Crippen LogP contribution in [0.25, 0.3) is 22.6 Å². The van der Waals surface area contributed by atoms with E-state index in [2.05, 4.69) is 4.90 Å². The van der Waals surface area contributed by atoms with Crippen LogP contribution in [0, 0.1) is 0 Å². The van der Waals surface area contributed by atoms with Gasteiger partial charge in [0.1, 0.15) is 5.69 Å². The third-order valence-corrected chi connectivity index (χ3v) is 5.40. The smallest absolute Gasteiger partial charge is 0.335 e. The standard InChI is InChI=1S/C19H19N5O2/c1-23-15-10-11(18(25)26)6-7-14(15)20-17(23)16-12-4-2-5-13(12)21-19(22-16)24-8-3-9-24/h6-7,10H,2-5,8-9H2,1H3,(H,25,26). The molecular formula is C19H19N5O2. The maximum absolute atomic E-state index is 11.3. The Hall–Kier alpha value is -2.96. The van der Waals surface area contributed by atoms with E-state index in [4.69, 9.17) is 15.0 Å². The van der Waals surface area contributed by atoms with Crippen molar-refractivity contribution in [2.24, 2.45) is 7.05 Å². The average molecular weight is 349 g/mol. The number of benzene rings is 1. The summed E-state index contributed by atoms with van der Waals surface area (Å²) in [5.74, 6) is 0.646. The van der Waals surface area contributed by atoms with Crippen molar-refractivity contribution in [2.45, 2.75) is 25.7 Å². The van der Waals surface area contributed by atoms with E-state index in [1.807, 2.05) is 11.6 Å². The van der Waals surface area contributed by atoms with Crippen LogP contribution < -0.4 is 4.90 Å². The highest BCUT2D eigenvalue weighted by atomic mass is 16.4. The summed E-state index contributed by atoms with van der Waals surface area (Å²) < 4.78 is 1.95. The van der Waals surface area contributed by atoms with Crippen LogP contribution in [0.3, 0.4) is 0 Å². The second-order valence-electron chi connectivity index (χ2n) is 6.99. The maximum atomic E-state index is 11.3. The van der Waals surface area contributed by atoms with Crippen molar-refractivity contribution in [3.05, 3.63) is 35.0 Å². The molecule has 1 aliphatic heterocycles. The van der Waals surface area contributed by atoms with E-state index in [9.17, 15) is 9.90 Å². The van der Waals surface area contributed by atoms with Crippen molar-refractivity contribution < 1.29 is 9.90 Å². The number of aromatic carboxylic acids is 1. The molecule has 0 unspecified atom stereocenters. The Morgan fingerprint density at radius 1 is 1.12 bits per heavy atom. The molecule has 1 aromatic carbocycles. The molecule has 0 spiro atoms. The van der Waals surface area contributed by atoms with Crippen molar-refractivity contribution in [2.75, 3.05) is 18.0 Å². The quantitative estimate of drug-likeness (QED) is 0.782. The number of aromatic nitrogens is 4. The van der Waals surface area contributed by atoms with Crippen LogP contribution in [0.1, 0.15) is 34.5 Å². The number of carbonyl (C=O) groups is 1. The predicted octanol–water partition coefficient (Wildman–Crippen LogP) is 2.43. The Balaban J connectivity index is 1.71. The third-order valence-electron chi connectivity index (χ3n) is 5.40. The van der Waals surface area contributed by atoms with Crippen LogP contribution in [0.2, 0.25) is 0 Å². The van der Waals surface area contributed by atoms with Gasteiger partial charge < -0.3 is 14.6 Å². The summed E-state index contributed by atoms with van der Waals surface area (Å²) in [6.45, 7) is 2.01. The molecule has 7 nitrogen and oxygen atoms in total. The van der Waals surface area contributed by atoms with Crippen LogP contribution in [0.15, 0.2) is 18.2 Å². The lowest BCUT2D eigenvalue weighted by Crippen LogP contribution is -2.38. The minimum absolute atomic E-state index is 0.265. The Bertz CT molecular complexity index is 1050. The molecule has 0 bridgehead atoms. The summed E-state index contributed by atoms with van der Waals surface area (Å²) in [7, 11) is 1.92. The van der Waals surface area contributed by atoms with Crippen LogP contribution >= 0.6 is 0 Å². The van der Waals surface area contributed by atoms with E-state index in [0.29, 0.717) is 0 Å². The van der Waals surface area contributed by atoms with E-state index in [1.165, 1.54) is 12.0 Å². The number of rotatable bonds is 3. The molecule has 3 aromatic rings. The second-order valence-corrected chi connectivity index (χ2v) is 6.99. The van der Waals surface area contributed by atoms with Crippen molar-refractivity contribution in [1.29, 1.82) is 0 Å². The molecule has 2 aromatic heterocycles. The first-order valence-corrected chi connectivity index (χ1v) is 8.97. The number of carboxylic acid groups (broad SMARTS) is 1. The molecule has 3 heterocycles. The number of anilines is 1. The summed E-state index contributed by atoms with van der Waals surface area (Å²) in [6, 6.07) is 5.03. The molecule has 0 radical (unpaired) electrons. The maximum Gasteiger partial charge on any atom is 0.335 e. The summed E-state index contributed by atoms with van der Waals surface area (Å²) >= 11 is 0. The van der Waals surface area contributed by atoms with E-state index in [0.717, 1.165) is 66.5 Å². The molecular weight excluding hydrogens is 330 g/mol. The zero-order valence-corrected chi connectivity index (χ0v) is 14.6. The minimum Gasteiger partial charge on any atom is -0.478 e. The van der Waals surface area contributed by atoms with Gasteiger partial charge in [-0.25, -0.2) is 19.7 Å². The summed E-state index contributed by atoms with van der Waals surface area (Å²) in [6.07, 6.45) is 4.22. The molecule has 5 rings (SSSR count). The highest BCUT2D eigenvalue weighted by molar-refractivity contribution is 5.93.